The summed E-state index contributed by atoms with van der Waals surface area (Å²) in [5, 5.41) is 1.91. The van der Waals surface area contributed by atoms with E-state index in [0.717, 1.165) is 35.6 Å². The van der Waals surface area contributed by atoms with Crippen molar-refractivity contribution in [3.8, 4) is 0 Å². The van der Waals surface area contributed by atoms with Crippen LogP contribution >= 0.6 is 11.6 Å². The van der Waals surface area contributed by atoms with E-state index in [1.807, 2.05) is 30.7 Å². The third kappa shape index (κ3) is 2.69. The molecule has 0 saturated carbocycles. The molecule has 2 heterocycles. The van der Waals surface area contributed by atoms with Crippen LogP contribution in [0.3, 0.4) is 0 Å². The summed E-state index contributed by atoms with van der Waals surface area (Å²) in [5.41, 5.74) is 9.31. The first kappa shape index (κ1) is 14.2. The number of aromatic nitrogens is 3. The minimum atomic E-state index is 0.527. The van der Waals surface area contributed by atoms with Gasteiger partial charge in [0.2, 0.25) is 0 Å². The highest BCUT2D eigenvalue weighted by Crippen LogP contribution is 2.25. The number of hydrogen-bond donors (Lipinski definition) is 1. The molecule has 4 nitrogen and oxygen atoms in total. The van der Waals surface area contributed by atoms with E-state index < -0.39 is 0 Å². The van der Waals surface area contributed by atoms with Gasteiger partial charge in [0.05, 0.1) is 24.1 Å². The predicted molar refractivity (Wildman–Crippen MR) is 86.5 cm³/mol. The fraction of sp³-hybridized carbons (Fsp3) is 0.312. The van der Waals surface area contributed by atoms with E-state index in [2.05, 4.69) is 27.2 Å². The molecular weight excluding hydrogens is 284 g/mol. The van der Waals surface area contributed by atoms with Crippen molar-refractivity contribution in [2.45, 2.75) is 33.0 Å². The molecule has 0 fully saturated rings. The van der Waals surface area contributed by atoms with Gasteiger partial charge in [-0.2, -0.15) is 0 Å². The fourth-order valence-electron chi connectivity index (χ4n) is 2.73. The molecule has 3 aromatic rings. The van der Waals surface area contributed by atoms with Gasteiger partial charge in [-0.05, 0) is 24.1 Å². The van der Waals surface area contributed by atoms with E-state index in [0.29, 0.717) is 6.54 Å². The van der Waals surface area contributed by atoms with Crippen LogP contribution in [0.5, 0.6) is 0 Å². The molecule has 5 heteroatoms. The standard InChI is InChI=1S/C16H19ClN4/c1-2-5-20-11-19-8-14(20)10-21-9-12(7-18)15-4-3-13(17)6-16(15)21/h3-4,6,8-9,11H,2,5,7,10,18H2,1H3. The number of hydrogen-bond acceptors (Lipinski definition) is 2. The van der Waals surface area contributed by atoms with Gasteiger partial charge in [0.15, 0.2) is 0 Å². The topological polar surface area (TPSA) is 48.8 Å². The van der Waals surface area contributed by atoms with E-state index in [1.165, 1.54) is 11.1 Å². The van der Waals surface area contributed by atoms with Crippen molar-refractivity contribution < 1.29 is 0 Å². The van der Waals surface area contributed by atoms with Crippen molar-refractivity contribution in [2.75, 3.05) is 0 Å². The number of imidazole rings is 1. The van der Waals surface area contributed by atoms with Crippen molar-refractivity contribution in [3.63, 3.8) is 0 Å². The van der Waals surface area contributed by atoms with Gasteiger partial charge in [-0.1, -0.05) is 24.6 Å². The average Bonchev–Trinajstić information content (AvgIpc) is 3.05. The van der Waals surface area contributed by atoms with Crippen molar-refractivity contribution >= 4 is 22.5 Å². The molecule has 0 radical (unpaired) electrons. The maximum Gasteiger partial charge on any atom is 0.0948 e. The second kappa shape index (κ2) is 5.92. The highest BCUT2D eigenvalue weighted by molar-refractivity contribution is 6.31. The summed E-state index contributed by atoms with van der Waals surface area (Å²) >= 11 is 6.14. The molecule has 0 aliphatic rings. The Bertz CT molecular complexity index is 757. The van der Waals surface area contributed by atoms with Gasteiger partial charge >= 0.3 is 0 Å². The van der Waals surface area contributed by atoms with Gasteiger partial charge in [0.1, 0.15) is 0 Å². The van der Waals surface area contributed by atoms with E-state index in [-0.39, 0.29) is 0 Å². The SMILES string of the molecule is CCCn1cncc1Cn1cc(CN)c2ccc(Cl)cc21. The number of halogens is 1. The third-order valence-corrected chi connectivity index (χ3v) is 3.98. The summed E-state index contributed by atoms with van der Waals surface area (Å²) in [6.07, 6.45) is 7.02. The Morgan fingerprint density at radius 2 is 2.14 bits per heavy atom. The van der Waals surface area contributed by atoms with Crippen LogP contribution in [0.25, 0.3) is 10.9 Å². The van der Waals surface area contributed by atoms with Crippen LogP contribution in [0.1, 0.15) is 24.6 Å². The van der Waals surface area contributed by atoms with Crippen molar-refractivity contribution in [1.82, 2.24) is 14.1 Å². The Labute approximate surface area is 129 Å². The molecule has 2 aromatic heterocycles. The molecule has 0 aliphatic heterocycles. The van der Waals surface area contributed by atoms with Crippen LogP contribution in [0.2, 0.25) is 5.02 Å². The summed E-state index contributed by atoms with van der Waals surface area (Å²) in [7, 11) is 0. The molecule has 110 valence electrons. The molecule has 3 rings (SSSR count). The molecule has 0 amide bonds. The Morgan fingerprint density at radius 3 is 2.90 bits per heavy atom. The van der Waals surface area contributed by atoms with E-state index in [1.54, 1.807) is 0 Å². The molecule has 0 aliphatic carbocycles. The Morgan fingerprint density at radius 1 is 1.29 bits per heavy atom. The molecular formula is C16H19ClN4. The second-order valence-electron chi connectivity index (χ2n) is 5.23. The largest absolute Gasteiger partial charge is 0.341 e. The first-order valence-electron chi connectivity index (χ1n) is 7.19. The number of nitrogens with zero attached hydrogens (tertiary/aromatic N) is 3. The molecule has 0 unspecified atom stereocenters. The molecule has 0 atom stereocenters. The van der Waals surface area contributed by atoms with Crippen LogP contribution in [0.4, 0.5) is 0 Å². The maximum atomic E-state index is 6.14. The smallest absolute Gasteiger partial charge is 0.0948 e. The predicted octanol–water partition coefficient (Wildman–Crippen LogP) is 3.41. The number of nitrogens with two attached hydrogens (primary N) is 1. The van der Waals surface area contributed by atoms with Gasteiger partial charge in [-0.25, -0.2) is 4.98 Å². The van der Waals surface area contributed by atoms with Gasteiger partial charge in [-0.15, -0.1) is 0 Å². The number of fused-ring (bicyclic) bond motifs is 1. The fourth-order valence-corrected chi connectivity index (χ4v) is 2.90. The summed E-state index contributed by atoms with van der Waals surface area (Å²) in [6, 6.07) is 5.95. The molecule has 0 spiro atoms. The van der Waals surface area contributed by atoms with Crippen LogP contribution in [0.15, 0.2) is 36.9 Å². The van der Waals surface area contributed by atoms with E-state index in [4.69, 9.17) is 17.3 Å². The minimum Gasteiger partial charge on any atom is -0.341 e. The zero-order valence-corrected chi connectivity index (χ0v) is 12.8. The average molecular weight is 303 g/mol. The van der Waals surface area contributed by atoms with E-state index in [9.17, 15) is 0 Å². The summed E-state index contributed by atoms with van der Waals surface area (Å²) < 4.78 is 4.39. The van der Waals surface area contributed by atoms with Crippen molar-refractivity contribution in [2.24, 2.45) is 5.73 Å². The van der Waals surface area contributed by atoms with Gasteiger partial charge < -0.3 is 14.9 Å². The monoisotopic (exact) mass is 302 g/mol. The summed E-state index contributed by atoms with van der Waals surface area (Å²) in [4.78, 5) is 4.26. The lowest BCUT2D eigenvalue weighted by atomic mass is 10.2. The number of aryl methyl sites for hydroxylation is 1. The lowest BCUT2D eigenvalue weighted by Crippen LogP contribution is -2.06. The van der Waals surface area contributed by atoms with Gasteiger partial charge in [0.25, 0.3) is 0 Å². The van der Waals surface area contributed by atoms with Crippen molar-refractivity contribution in [3.05, 3.63) is 53.2 Å². The van der Waals surface area contributed by atoms with Gasteiger partial charge in [0, 0.05) is 35.9 Å². The first-order chi connectivity index (χ1) is 10.2. The molecule has 1 aromatic carbocycles. The van der Waals surface area contributed by atoms with Crippen LogP contribution < -0.4 is 5.73 Å². The highest BCUT2D eigenvalue weighted by atomic mass is 35.5. The number of rotatable bonds is 5. The number of benzene rings is 1. The normalized spacial score (nSPS) is 11.4. The lowest BCUT2D eigenvalue weighted by Gasteiger charge is -2.09. The van der Waals surface area contributed by atoms with Gasteiger partial charge in [-0.3, -0.25) is 0 Å². The van der Waals surface area contributed by atoms with E-state index >= 15 is 0 Å². The Kier molecular flexibility index (Phi) is 3.99. The maximum absolute atomic E-state index is 6.14. The third-order valence-electron chi connectivity index (χ3n) is 3.74. The minimum absolute atomic E-state index is 0.527. The Balaban J connectivity index is 2.03. The lowest BCUT2D eigenvalue weighted by molar-refractivity contribution is 0.628. The molecule has 0 saturated heterocycles. The van der Waals surface area contributed by atoms with Crippen LogP contribution in [-0.2, 0) is 19.6 Å². The zero-order valence-electron chi connectivity index (χ0n) is 12.1. The molecule has 2 N–H and O–H groups in total. The zero-order chi connectivity index (χ0) is 14.8. The van der Waals surface area contributed by atoms with Crippen LogP contribution in [-0.4, -0.2) is 14.1 Å². The van der Waals surface area contributed by atoms with Crippen LogP contribution in [0, 0.1) is 0 Å². The second-order valence-corrected chi connectivity index (χ2v) is 5.66. The summed E-state index contributed by atoms with van der Waals surface area (Å²) in [5.74, 6) is 0. The van der Waals surface area contributed by atoms with Crippen molar-refractivity contribution in [1.29, 1.82) is 0 Å². The Hall–Kier alpha value is -1.78. The highest BCUT2D eigenvalue weighted by Gasteiger charge is 2.10. The molecule has 0 bridgehead atoms. The quantitative estimate of drug-likeness (QED) is 0.785. The molecule has 21 heavy (non-hydrogen) atoms. The first-order valence-corrected chi connectivity index (χ1v) is 7.57. The summed E-state index contributed by atoms with van der Waals surface area (Å²) in [6.45, 7) is 4.45.